The fourth-order valence-electron chi connectivity index (χ4n) is 1.10. The van der Waals surface area contributed by atoms with Crippen LogP contribution in [0.3, 0.4) is 0 Å². The molecule has 0 N–H and O–H groups in total. The third-order valence-electron chi connectivity index (χ3n) is 2.13. The lowest BCUT2D eigenvalue weighted by Gasteiger charge is -2.06. The van der Waals surface area contributed by atoms with E-state index in [1.165, 1.54) is 12.8 Å². The van der Waals surface area contributed by atoms with Gasteiger partial charge in [-0.2, -0.15) is 4.37 Å². The second-order valence-corrected chi connectivity index (χ2v) is 5.94. The van der Waals surface area contributed by atoms with Crippen molar-refractivity contribution in [2.45, 2.75) is 23.1 Å². The molecule has 1 fully saturated rings. The summed E-state index contributed by atoms with van der Waals surface area (Å²) in [5, 5.41) is 0. The summed E-state index contributed by atoms with van der Waals surface area (Å²) >= 11 is 3.37. The highest BCUT2D eigenvalue weighted by atomic mass is 32.2. The Kier molecular flexibility index (Phi) is 3.41. The topological polar surface area (TPSA) is 29.0 Å². The van der Waals surface area contributed by atoms with Crippen molar-refractivity contribution in [2.24, 2.45) is 0 Å². The Balaban J connectivity index is 1.78. The van der Waals surface area contributed by atoms with Gasteiger partial charge in [-0.15, -0.1) is 0 Å². The van der Waals surface area contributed by atoms with E-state index >= 15 is 0 Å². The fraction of sp³-hybridized carbons (Fsp3) is 0.778. The predicted molar refractivity (Wildman–Crippen MR) is 61.2 cm³/mol. The SMILES string of the molecule is CN(C)CCSc1nc(C2CC2)ns1. The van der Waals surface area contributed by atoms with E-state index in [1.807, 2.05) is 11.8 Å². The number of rotatable bonds is 5. The van der Waals surface area contributed by atoms with E-state index in [-0.39, 0.29) is 0 Å². The van der Waals surface area contributed by atoms with Crippen LogP contribution in [0.4, 0.5) is 0 Å². The summed E-state index contributed by atoms with van der Waals surface area (Å²) in [4.78, 5) is 6.71. The molecule has 0 bridgehead atoms. The third kappa shape index (κ3) is 2.93. The zero-order valence-corrected chi connectivity index (χ0v) is 10.2. The van der Waals surface area contributed by atoms with Gasteiger partial charge < -0.3 is 4.90 Å². The van der Waals surface area contributed by atoms with Crippen molar-refractivity contribution in [3.63, 3.8) is 0 Å². The molecular weight excluding hydrogens is 214 g/mol. The molecule has 0 spiro atoms. The minimum absolute atomic E-state index is 0.689. The van der Waals surface area contributed by atoms with Crippen molar-refractivity contribution in [1.29, 1.82) is 0 Å². The largest absolute Gasteiger partial charge is 0.309 e. The predicted octanol–water partition coefficient (Wildman–Crippen LogP) is 2.07. The first-order valence-electron chi connectivity index (χ1n) is 4.87. The number of hydrogen-bond acceptors (Lipinski definition) is 5. The summed E-state index contributed by atoms with van der Waals surface area (Å²) < 4.78 is 5.51. The molecule has 2 rings (SSSR count). The molecule has 0 amide bonds. The highest BCUT2D eigenvalue weighted by Crippen LogP contribution is 2.39. The van der Waals surface area contributed by atoms with Crippen LogP contribution >= 0.6 is 23.3 Å². The van der Waals surface area contributed by atoms with E-state index < -0.39 is 0 Å². The van der Waals surface area contributed by atoms with Crippen molar-refractivity contribution in [1.82, 2.24) is 14.3 Å². The quantitative estimate of drug-likeness (QED) is 0.723. The van der Waals surface area contributed by atoms with E-state index in [0.717, 1.165) is 22.5 Å². The van der Waals surface area contributed by atoms with Gasteiger partial charge in [0.05, 0.1) is 0 Å². The molecule has 14 heavy (non-hydrogen) atoms. The molecular formula is C9H15N3S2. The van der Waals surface area contributed by atoms with E-state index in [2.05, 4.69) is 28.4 Å². The second kappa shape index (κ2) is 4.59. The maximum Gasteiger partial charge on any atom is 0.170 e. The molecule has 0 radical (unpaired) electrons. The molecule has 1 saturated carbocycles. The maximum absolute atomic E-state index is 4.52. The summed E-state index contributed by atoms with van der Waals surface area (Å²) in [5.74, 6) is 2.88. The van der Waals surface area contributed by atoms with Crippen LogP contribution in [0.1, 0.15) is 24.6 Å². The van der Waals surface area contributed by atoms with Gasteiger partial charge in [-0.05, 0) is 38.5 Å². The number of aromatic nitrogens is 2. The smallest absolute Gasteiger partial charge is 0.170 e. The first kappa shape index (κ1) is 10.4. The van der Waals surface area contributed by atoms with Gasteiger partial charge in [-0.3, -0.25) is 0 Å². The summed E-state index contributed by atoms with van der Waals surface area (Å²) in [7, 11) is 4.19. The number of thioether (sulfide) groups is 1. The van der Waals surface area contributed by atoms with E-state index in [0.29, 0.717) is 5.92 Å². The Morgan fingerprint density at radius 2 is 2.29 bits per heavy atom. The molecule has 0 aliphatic heterocycles. The van der Waals surface area contributed by atoms with Crippen molar-refractivity contribution in [3.8, 4) is 0 Å². The first-order chi connectivity index (χ1) is 6.75. The lowest BCUT2D eigenvalue weighted by atomic mass is 10.4. The number of hydrogen-bond donors (Lipinski definition) is 0. The lowest BCUT2D eigenvalue weighted by Crippen LogP contribution is -2.14. The molecule has 1 aliphatic carbocycles. The summed E-state index contributed by atoms with van der Waals surface area (Å²) in [6.45, 7) is 1.10. The second-order valence-electron chi connectivity index (χ2n) is 3.84. The maximum atomic E-state index is 4.52. The molecule has 0 unspecified atom stereocenters. The normalized spacial score (nSPS) is 16.5. The minimum atomic E-state index is 0.689. The van der Waals surface area contributed by atoms with E-state index in [4.69, 9.17) is 0 Å². The molecule has 1 heterocycles. The Morgan fingerprint density at radius 1 is 1.50 bits per heavy atom. The van der Waals surface area contributed by atoms with Crippen LogP contribution < -0.4 is 0 Å². The standard InChI is InChI=1S/C9H15N3S2/c1-12(2)5-6-13-9-10-8(11-14-9)7-3-4-7/h7H,3-6H2,1-2H3. The van der Waals surface area contributed by atoms with Gasteiger partial charge in [0.2, 0.25) is 0 Å². The monoisotopic (exact) mass is 229 g/mol. The molecule has 0 saturated heterocycles. The van der Waals surface area contributed by atoms with Crippen LogP contribution in [-0.4, -0.2) is 40.7 Å². The molecule has 78 valence electrons. The van der Waals surface area contributed by atoms with Crippen LogP contribution in [-0.2, 0) is 0 Å². The van der Waals surface area contributed by atoms with Gasteiger partial charge in [0, 0.05) is 18.2 Å². The van der Waals surface area contributed by atoms with E-state index in [9.17, 15) is 0 Å². The van der Waals surface area contributed by atoms with Gasteiger partial charge in [0.1, 0.15) is 5.82 Å². The van der Waals surface area contributed by atoms with Gasteiger partial charge in [-0.25, -0.2) is 4.98 Å². The first-order valence-corrected chi connectivity index (χ1v) is 6.63. The Hall–Kier alpha value is -0.130. The van der Waals surface area contributed by atoms with Gasteiger partial charge in [-0.1, -0.05) is 11.8 Å². The van der Waals surface area contributed by atoms with Crippen molar-refractivity contribution in [2.75, 3.05) is 26.4 Å². The van der Waals surface area contributed by atoms with Crippen molar-refractivity contribution >= 4 is 23.3 Å². The average Bonchev–Trinajstić information content (AvgIpc) is 2.87. The molecule has 1 aliphatic rings. The zero-order chi connectivity index (χ0) is 9.97. The molecule has 0 atom stereocenters. The van der Waals surface area contributed by atoms with Gasteiger partial charge in [0.25, 0.3) is 0 Å². The Morgan fingerprint density at radius 3 is 2.93 bits per heavy atom. The van der Waals surface area contributed by atoms with Gasteiger partial charge in [0.15, 0.2) is 4.34 Å². The molecule has 5 heteroatoms. The highest BCUT2D eigenvalue weighted by molar-refractivity contribution is 8.00. The summed E-state index contributed by atoms with van der Waals surface area (Å²) in [6, 6.07) is 0. The van der Waals surface area contributed by atoms with Crippen LogP contribution in [0.5, 0.6) is 0 Å². The highest BCUT2D eigenvalue weighted by Gasteiger charge is 2.27. The zero-order valence-electron chi connectivity index (χ0n) is 8.56. The van der Waals surface area contributed by atoms with Crippen molar-refractivity contribution in [3.05, 3.63) is 5.82 Å². The molecule has 1 aromatic heterocycles. The van der Waals surface area contributed by atoms with Crippen molar-refractivity contribution < 1.29 is 0 Å². The third-order valence-corrected chi connectivity index (χ3v) is 3.96. The lowest BCUT2D eigenvalue weighted by molar-refractivity contribution is 0.437. The molecule has 0 aromatic carbocycles. The number of nitrogens with zero attached hydrogens (tertiary/aromatic N) is 3. The summed E-state index contributed by atoms with van der Waals surface area (Å²) in [5.41, 5.74) is 0. The average molecular weight is 229 g/mol. The van der Waals surface area contributed by atoms with Crippen LogP contribution in [0.2, 0.25) is 0 Å². The minimum Gasteiger partial charge on any atom is -0.309 e. The van der Waals surface area contributed by atoms with Crippen LogP contribution in [0.25, 0.3) is 0 Å². The summed E-state index contributed by atoms with van der Waals surface area (Å²) in [6.07, 6.45) is 2.58. The Labute approximate surface area is 93.1 Å². The van der Waals surface area contributed by atoms with E-state index in [1.54, 1.807) is 11.5 Å². The Bertz CT molecular complexity index is 294. The molecule has 3 nitrogen and oxygen atoms in total. The fourth-order valence-corrected chi connectivity index (χ4v) is 2.96. The van der Waals surface area contributed by atoms with Crippen LogP contribution in [0.15, 0.2) is 4.34 Å². The van der Waals surface area contributed by atoms with Gasteiger partial charge >= 0.3 is 0 Å². The van der Waals surface area contributed by atoms with Crippen LogP contribution in [0, 0.1) is 0 Å². The molecule has 1 aromatic rings.